The van der Waals surface area contributed by atoms with Crippen LogP contribution in [0.3, 0.4) is 0 Å². The highest BCUT2D eigenvalue weighted by Crippen LogP contribution is 2.35. The number of nitrogens with two attached hydrogens (primary N) is 1. The van der Waals surface area contributed by atoms with Gasteiger partial charge < -0.3 is 15.4 Å². The van der Waals surface area contributed by atoms with Crippen molar-refractivity contribution in [1.29, 1.82) is 0 Å². The minimum absolute atomic E-state index is 0.0889. The van der Waals surface area contributed by atoms with Gasteiger partial charge in [0.05, 0.1) is 12.4 Å². The lowest BCUT2D eigenvalue weighted by atomic mass is 10.4. The second-order valence-electron chi connectivity index (χ2n) is 4.30. The van der Waals surface area contributed by atoms with Crippen LogP contribution < -0.4 is 10.6 Å². The third kappa shape index (κ3) is 4.07. The van der Waals surface area contributed by atoms with E-state index in [2.05, 4.69) is 4.37 Å². The summed E-state index contributed by atoms with van der Waals surface area (Å²) in [6, 6.07) is 0. The predicted molar refractivity (Wildman–Crippen MR) is 83.3 cm³/mol. The van der Waals surface area contributed by atoms with Crippen molar-refractivity contribution in [3.05, 3.63) is 0 Å². The molecule has 0 aliphatic heterocycles. The van der Waals surface area contributed by atoms with E-state index in [4.69, 9.17) is 10.5 Å². The molecule has 1 heterocycles. The second-order valence-corrected chi connectivity index (χ2v) is 7.10. The van der Waals surface area contributed by atoms with Crippen LogP contribution in [0.5, 0.6) is 0 Å². The van der Waals surface area contributed by atoms with Crippen LogP contribution >= 0.6 is 11.5 Å². The molecule has 0 atom stereocenters. The summed E-state index contributed by atoms with van der Waals surface area (Å²) >= 11 is 1.14. The Morgan fingerprint density at radius 2 is 2.05 bits per heavy atom. The molecule has 0 aliphatic rings. The summed E-state index contributed by atoms with van der Waals surface area (Å²) in [6.45, 7) is 8.23. The predicted octanol–water partition coefficient (Wildman–Crippen LogP) is 1.77. The lowest BCUT2D eigenvalue weighted by Crippen LogP contribution is -2.28. The molecule has 0 bridgehead atoms. The van der Waals surface area contributed by atoms with Gasteiger partial charge in [-0.05, 0) is 31.8 Å². The molecule has 0 unspecified atom stereocenters. The largest absolute Gasteiger partial charge is 0.382 e. The molecule has 1 aromatic heterocycles. The highest BCUT2D eigenvalue weighted by Gasteiger charge is 2.27. The fourth-order valence-electron chi connectivity index (χ4n) is 1.87. The number of hydrogen-bond acceptors (Lipinski definition) is 7. The van der Waals surface area contributed by atoms with Crippen molar-refractivity contribution >= 4 is 32.2 Å². The van der Waals surface area contributed by atoms with Crippen molar-refractivity contribution in [3.8, 4) is 0 Å². The normalized spacial score (nSPS) is 11.8. The smallest absolute Gasteiger partial charge is 0.185 e. The molecule has 8 heteroatoms. The Labute approximate surface area is 125 Å². The molecule has 0 fully saturated rings. The molecule has 0 aliphatic carbocycles. The maximum Gasteiger partial charge on any atom is 0.185 e. The summed E-state index contributed by atoms with van der Waals surface area (Å²) in [5, 5.41) is 0.623. The first kappa shape index (κ1) is 17.2. The number of hydrogen-bond donors (Lipinski definition) is 1. The van der Waals surface area contributed by atoms with Crippen molar-refractivity contribution in [2.24, 2.45) is 0 Å². The van der Waals surface area contributed by atoms with E-state index < -0.39 is 9.84 Å². The van der Waals surface area contributed by atoms with E-state index in [0.29, 0.717) is 37.7 Å². The van der Waals surface area contributed by atoms with Gasteiger partial charge in [0.25, 0.3) is 0 Å². The molecule has 0 aromatic carbocycles. The SMILES string of the molecule is CCCS(=O)(=O)c1c(N)nsc1N(CC)CCOCC. The van der Waals surface area contributed by atoms with E-state index >= 15 is 0 Å². The quantitative estimate of drug-likeness (QED) is 0.698. The van der Waals surface area contributed by atoms with Crippen molar-refractivity contribution in [1.82, 2.24) is 4.37 Å². The number of sulfone groups is 1. The van der Waals surface area contributed by atoms with Crippen LogP contribution in [0.2, 0.25) is 0 Å². The lowest BCUT2D eigenvalue weighted by molar-refractivity contribution is 0.154. The van der Waals surface area contributed by atoms with Crippen molar-refractivity contribution < 1.29 is 13.2 Å². The van der Waals surface area contributed by atoms with Crippen LogP contribution in [0.1, 0.15) is 27.2 Å². The Balaban J connectivity index is 3.06. The maximum atomic E-state index is 12.3. The Bertz CT molecular complexity index is 514. The van der Waals surface area contributed by atoms with Crippen LogP contribution in [0.4, 0.5) is 10.8 Å². The van der Waals surface area contributed by atoms with Crippen molar-refractivity contribution in [2.45, 2.75) is 32.1 Å². The first-order chi connectivity index (χ1) is 9.47. The fourth-order valence-corrected chi connectivity index (χ4v) is 4.72. The monoisotopic (exact) mass is 321 g/mol. The number of nitrogen functional groups attached to an aromatic ring is 1. The lowest BCUT2D eigenvalue weighted by Gasteiger charge is -2.22. The molecule has 2 N–H and O–H groups in total. The first-order valence-corrected chi connectivity index (χ1v) is 9.21. The Hall–Kier alpha value is -0.860. The van der Waals surface area contributed by atoms with E-state index in [1.807, 2.05) is 25.7 Å². The molecule has 0 spiro atoms. The summed E-state index contributed by atoms with van der Waals surface area (Å²) in [7, 11) is -3.37. The van der Waals surface area contributed by atoms with Crippen LogP contribution in [-0.4, -0.2) is 44.8 Å². The highest BCUT2D eigenvalue weighted by atomic mass is 32.2. The third-order valence-electron chi connectivity index (χ3n) is 2.82. The fraction of sp³-hybridized carbons (Fsp3) is 0.750. The number of anilines is 2. The van der Waals surface area contributed by atoms with Crippen molar-refractivity contribution in [3.63, 3.8) is 0 Å². The number of rotatable bonds is 9. The minimum Gasteiger partial charge on any atom is -0.382 e. The second kappa shape index (κ2) is 7.80. The average molecular weight is 321 g/mol. The van der Waals surface area contributed by atoms with Crippen LogP contribution in [0.25, 0.3) is 0 Å². The highest BCUT2D eigenvalue weighted by molar-refractivity contribution is 7.91. The number of aromatic nitrogens is 1. The molecule has 0 radical (unpaired) electrons. The molecular weight excluding hydrogens is 298 g/mol. The van der Waals surface area contributed by atoms with Gasteiger partial charge in [-0.15, -0.1) is 0 Å². The van der Waals surface area contributed by atoms with Crippen LogP contribution in [0, 0.1) is 0 Å². The minimum atomic E-state index is -3.37. The van der Waals surface area contributed by atoms with Crippen molar-refractivity contribution in [2.75, 3.05) is 42.7 Å². The molecule has 0 saturated heterocycles. The van der Waals surface area contributed by atoms with E-state index in [9.17, 15) is 8.42 Å². The summed E-state index contributed by atoms with van der Waals surface area (Å²) in [4.78, 5) is 2.13. The standard InChI is InChI=1S/C12H23N3O3S2/c1-4-9-20(16,17)10-11(13)14-19-12(10)15(5-2)7-8-18-6-3/h4-9H2,1-3H3,(H2,13,14). The summed E-state index contributed by atoms with van der Waals surface area (Å²) in [6.07, 6.45) is 0.558. The average Bonchev–Trinajstić information content (AvgIpc) is 2.77. The molecule has 0 saturated carbocycles. The molecule has 20 heavy (non-hydrogen) atoms. The van der Waals surface area contributed by atoms with Crippen LogP contribution in [0.15, 0.2) is 4.90 Å². The van der Waals surface area contributed by atoms with Gasteiger partial charge in [0, 0.05) is 19.7 Å². The molecule has 1 aromatic rings. The molecule has 0 amide bonds. The summed E-state index contributed by atoms with van der Waals surface area (Å²) < 4.78 is 34.0. The Morgan fingerprint density at radius 1 is 1.35 bits per heavy atom. The third-order valence-corrected chi connectivity index (χ3v) is 5.84. The Kier molecular flexibility index (Phi) is 6.70. The topological polar surface area (TPSA) is 85.5 Å². The van der Waals surface area contributed by atoms with Gasteiger partial charge in [0.2, 0.25) is 0 Å². The van der Waals surface area contributed by atoms with E-state index in [1.165, 1.54) is 0 Å². The summed E-state index contributed by atoms with van der Waals surface area (Å²) in [5.74, 6) is 0.194. The van der Waals surface area contributed by atoms with Gasteiger partial charge in [-0.1, -0.05) is 6.92 Å². The van der Waals surface area contributed by atoms with Gasteiger partial charge in [0.15, 0.2) is 15.7 Å². The number of nitrogens with zero attached hydrogens (tertiary/aromatic N) is 2. The van der Waals surface area contributed by atoms with E-state index in [-0.39, 0.29) is 16.5 Å². The zero-order valence-corrected chi connectivity index (χ0v) is 13.9. The molecule has 1 rings (SSSR count). The number of likely N-dealkylation sites (N-methyl/N-ethyl adjacent to an activating group) is 1. The molecule has 6 nitrogen and oxygen atoms in total. The van der Waals surface area contributed by atoms with Gasteiger partial charge in [-0.3, -0.25) is 0 Å². The van der Waals surface area contributed by atoms with Gasteiger partial charge in [0.1, 0.15) is 9.90 Å². The number of ether oxygens (including phenoxy) is 1. The zero-order valence-electron chi connectivity index (χ0n) is 12.3. The van der Waals surface area contributed by atoms with Crippen LogP contribution in [-0.2, 0) is 14.6 Å². The van der Waals surface area contributed by atoms with E-state index in [0.717, 1.165) is 11.5 Å². The Morgan fingerprint density at radius 3 is 2.60 bits per heavy atom. The zero-order chi connectivity index (χ0) is 15.2. The van der Waals surface area contributed by atoms with E-state index in [1.54, 1.807) is 0 Å². The maximum absolute atomic E-state index is 12.3. The first-order valence-electron chi connectivity index (χ1n) is 6.78. The summed E-state index contributed by atoms with van der Waals surface area (Å²) in [5.41, 5.74) is 5.77. The van der Waals surface area contributed by atoms with Gasteiger partial charge in [-0.25, -0.2) is 8.42 Å². The molecular formula is C12H23N3O3S2. The van der Waals surface area contributed by atoms with Gasteiger partial charge in [-0.2, -0.15) is 4.37 Å². The van der Waals surface area contributed by atoms with Gasteiger partial charge >= 0.3 is 0 Å². The molecule has 116 valence electrons.